The van der Waals surface area contributed by atoms with Crippen molar-refractivity contribution in [1.82, 2.24) is 14.6 Å². The second kappa shape index (κ2) is 6.59. The van der Waals surface area contributed by atoms with Crippen LogP contribution in [0.15, 0.2) is 66.9 Å². The Labute approximate surface area is 151 Å². The van der Waals surface area contributed by atoms with E-state index in [1.54, 1.807) is 16.6 Å². The molecule has 0 aliphatic rings. The highest BCUT2D eigenvalue weighted by Crippen LogP contribution is 2.28. The first-order valence-corrected chi connectivity index (χ1v) is 8.58. The molecule has 0 aliphatic carbocycles. The molecule has 0 atom stereocenters. The molecule has 2 aromatic carbocycles. The van der Waals surface area contributed by atoms with E-state index in [2.05, 4.69) is 24.3 Å². The van der Waals surface area contributed by atoms with Crippen molar-refractivity contribution in [2.24, 2.45) is 0 Å². The summed E-state index contributed by atoms with van der Waals surface area (Å²) < 4.78 is 15.0. The SMILES string of the molecule is CC(C)c1cc(Nc2ccc(F)cc2)n2ncc(-c3ccccc3)c2n1. The second-order valence-corrected chi connectivity index (χ2v) is 6.51. The highest BCUT2D eigenvalue weighted by molar-refractivity contribution is 5.78. The number of aromatic nitrogens is 3. The van der Waals surface area contributed by atoms with Crippen LogP contribution in [0.1, 0.15) is 25.5 Å². The predicted molar refractivity (Wildman–Crippen MR) is 102 cm³/mol. The van der Waals surface area contributed by atoms with E-state index in [4.69, 9.17) is 4.98 Å². The lowest BCUT2D eigenvalue weighted by atomic mass is 10.1. The van der Waals surface area contributed by atoms with Gasteiger partial charge in [0.2, 0.25) is 0 Å². The third-order valence-corrected chi connectivity index (χ3v) is 4.28. The number of rotatable bonds is 4. The Kier molecular flexibility index (Phi) is 4.13. The number of nitrogens with one attached hydrogen (secondary N) is 1. The van der Waals surface area contributed by atoms with Crippen LogP contribution in [0.25, 0.3) is 16.8 Å². The van der Waals surface area contributed by atoms with Crippen molar-refractivity contribution in [3.63, 3.8) is 0 Å². The number of hydrogen-bond donors (Lipinski definition) is 1. The summed E-state index contributed by atoms with van der Waals surface area (Å²) in [4.78, 5) is 4.83. The van der Waals surface area contributed by atoms with Crippen LogP contribution in [0, 0.1) is 5.82 Å². The summed E-state index contributed by atoms with van der Waals surface area (Å²) in [5.41, 5.74) is 4.62. The summed E-state index contributed by atoms with van der Waals surface area (Å²) in [6, 6.07) is 18.4. The number of halogens is 1. The Balaban J connectivity index is 1.86. The van der Waals surface area contributed by atoms with Crippen LogP contribution in [0.2, 0.25) is 0 Å². The molecule has 26 heavy (non-hydrogen) atoms. The van der Waals surface area contributed by atoms with Crippen molar-refractivity contribution in [3.05, 3.63) is 78.4 Å². The maximum atomic E-state index is 13.2. The lowest BCUT2D eigenvalue weighted by molar-refractivity contribution is 0.628. The molecule has 2 heterocycles. The molecular formula is C21H19FN4. The van der Waals surface area contributed by atoms with Crippen LogP contribution >= 0.6 is 0 Å². The maximum absolute atomic E-state index is 13.2. The summed E-state index contributed by atoms with van der Waals surface area (Å²) in [5.74, 6) is 0.809. The summed E-state index contributed by atoms with van der Waals surface area (Å²) >= 11 is 0. The first kappa shape index (κ1) is 16.3. The van der Waals surface area contributed by atoms with E-state index in [1.807, 2.05) is 42.6 Å². The van der Waals surface area contributed by atoms with E-state index in [1.165, 1.54) is 12.1 Å². The van der Waals surface area contributed by atoms with Gasteiger partial charge in [-0.2, -0.15) is 9.61 Å². The normalized spacial score (nSPS) is 11.2. The van der Waals surface area contributed by atoms with E-state index in [0.717, 1.165) is 34.0 Å². The Morgan fingerprint density at radius 2 is 1.73 bits per heavy atom. The summed E-state index contributed by atoms with van der Waals surface area (Å²) in [6.07, 6.45) is 1.83. The molecule has 0 bridgehead atoms. The summed E-state index contributed by atoms with van der Waals surface area (Å²) in [7, 11) is 0. The van der Waals surface area contributed by atoms with E-state index < -0.39 is 0 Å². The molecule has 0 unspecified atom stereocenters. The fourth-order valence-electron chi connectivity index (χ4n) is 2.87. The minimum Gasteiger partial charge on any atom is -0.340 e. The van der Waals surface area contributed by atoms with E-state index >= 15 is 0 Å². The smallest absolute Gasteiger partial charge is 0.165 e. The number of fused-ring (bicyclic) bond motifs is 1. The molecule has 130 valence electrons. The van der Waals surface area contributed by atoms with Crippen molar-refractivity contribution in [1.29, 1.82) is 0 Å². The Morgan fingerprint density at radius 1 is 1.00 bits per heavy atom. The van der Waals surface area contributed by atoms with Crippen LogP contribution in [0.4, 0.5) is 15.9 Å². The molecule has 0 fully saturated rings. The van der Waals surface area contributed by atoms with Gasteiger partial charge < -0.3 is 5.32 Å². The molecule has 0 saturated carbocycles. The Bertz CT molecular complexity index is 1040. The zero-order chi connectivity index (χ0) is 18.1. The minimum atomic E-state index is -0.260. The lowest BCUT2D eigenvalue weighted by Crippen LogP contribution is -2.05. The van der Waals surface area contributed by atoms with Gasteiger partial charge in [-0.25, -0.2) is 9.37 Å². The van der Waals surface area contributed by atoms with Gasteiger partial charge in [0.15, 0.2) is 5.65 Å². The molecule has 2 aromatic heterocycles. The standard InChI is InChI=1S/C21H19FN4/c1-14(2)19-12-20(24-17-10-8-16(22)9-11-17)26-21(25-19)18(13-23-26)15-6-4-3-5-7-15/h3-14,24H,1-2H3. The molecule has 4 nitrogen and oxygen atoms in total. The van der Waals surface area contributed by atoms with Crippen LogP contribution in [0.5, 0.6) is 0 Å². The Hall–Kier alpha value is -3.21. The number of benzene rings is 2. The molecule has 5 heteroatoms. The van der Waals surface area contributed by atoms with E-state index in [9.17, 15) is 4.39 Å². The maximum Gasteiger partial charge on any atom is 0.165 e. The van der Waals surface area contributed by atoms with Gasteiger partial charge in [0, 0.05) is 23.0 Å². The monoisotopic (exact) mass is 346 g/mol. The van der Waals surface area contributed by atoms with Gasteiger partial charge >= 0.3 is 0 Å². The van der Waals surface area contributed by atoms with Gasteiger partial charge in [-0.3, -0.25) is 0 Å². The number of hydrogen-bond acceptors (Lipinski definition) is 3. The first-order valence-electron chi connectivity index (χ1n) is 8.58. The fraction of sp³-hybridized carbons (Fsp3) is 0.143. The van der Waals surface area contributed by atoms with Gasteiger partial charge in [-0.1, -0.05) is 44.2 Å². The molecule has 0 aliphatic heterocycles. The van der Waals surface area contributed by atoms with E-state index in [-0.39, 0.29) is 11.7 Å². The van der Waals surface area contributed by atoms with Crippen molar-refractivity contribution < 1.29 is 4.39 Å². The van der Waals surface area contributed by atoms with E-state index in [0.29, 0.717) is 0 Å². The molecule has 0 saturated heterocycles. The minimum absolute atomic E-state index is 0.260. The highest BCUT2D eigenvalue weighted by Gasteiger charge is 2.14. The third-order valence-electron chi connectivity index (χ3n) is 4.28. The Morgan fingerprint density at radius 3 is 2.42 bits per heavy atom. The van der Waals surface area contributed by atoms with Crippen molar-refractivity contribution in [2.75, 3.05) is 5.32 Å². The molecular weight excluding hydrogens is 327 g/mol. The van der Waals surface area contributed by atoms with Crippen LogP contribution in [0.3, 0.4) is 0 Å². The molecule has 0 amide bonds. The van der Waals surface area contributed by atoms with Gasteiger partial charge in [0.05, 0.1) is 6.20 Å². The number of nitrogens with zero attached hydrogens (tertiary/aromatic N) is 3. The van der Waals surface area contributed by atoms with Crippen molar-refractivity contribution in [3.8, 4) is 11.1 Å². The predicted octanol–water partition coefficient (Wildman–Crippen LogP) is 5.40. The molecule has 0 spiro atoms. The molecule has 4 aromatic rings. The number of anilines is 2. The quantitative estimate of drug-likeness (QED) is 0.538. The topological polar surface area (TPSA) is 42.2 Å². The van der Waals surface area contributed by atoms with Gasteiger partial charge in [-0.15, -0.1) is 0 Å². The zero-order valence-electron chi connectivity index (χ0n) is 14.6. The average Bonchev–Trinajstić information content (AvgIpc) is 3.08. The first-order chi connectivity index (χ1) is 12.6. The molecule has 1 N–H and O–H groups in total. The lowest BCUT2D eigenvalue weighted by Gasteiger charge is -2.13. The van der Waals surface area contributed by atoms with Crippen molar-refractivity contribution in [2.45, 2.75) is 19.8 Å². The second-order valence-electron chi connectivity index (χ2n) is 6.51. The van der Waals surface area contributed by atoms with Crippen LogP contribution in [-0.2, 0) is 0 Å². The highest BCUT2D eigenvalue weighted by atomic mass is 19.1. The third kappa shape index (κ3) is 3.04. The van der Waals surface area contributed by atoms with Gasteiger partial charge in [-0.05, 0) is 35.7 Å². The molecule has 0 radical (unpaired) electrons. The van der Waals surface area contributed by atoms with Gasteiger partial charge in [0.1, 0.15) is 11.6 Å². The zero-order valence-corrected chi connectivity index (χ0v) is 14.6. The van der Waals surface area contributed by atoms with Crippen LogP contribution < -0.4 is 5.32 Å². The fourth-order valence-corrected chi connectivity index (χ4v) is 2.87. The van der Waals surface area contributed by atoms with Crippen LogP contribution in [-0.4, -0.2) is 14.6 Å². The summed E-state index contributed by atoms with van der Waals surface area (Å²) in [5, 5.41) is 7.85. The summed E-state index contributed by atoms with van der Waals surface area (Å²) in [6.45, 7) is 4.22. The van der Waals surface area contributed by atoms with Crippen molar-refractivity contribution >= 4 is 17.2 Å². The largest absolute Gasteiger partial charge is 0.340 e. The average molecular weight is 346 g/mol. The van der Waals surface area contributed by atoms with Gasteiger partial charge in [0.25, 0.3) is 0 Å². The molecule has 4 rings (SSSR count).